The van der Waals surface area contributed by atoms with E-state index < -0.39 is 0 Å². The molecule has 96 valence electrons. The topological polar surface area (TPSA) is 59.9 Å². The number of ether oxygens (including phenoxy) is 1. The first kappa shape index (κ1) is 12.8. The van der Waals surface area contributed by atoms with Crippen LogP contribution in [-0.4, -0.2) is 28.3 Å². The summed E-state index contributed by atoms with van der Waals surface area (Å²) < 4.78 is 5.55. The van der Waals surface area contributed by atoms with Crippen LogP contribution in [0.4, 0.5) is 5.13 Å². The van der Waals surface area contributed by atoms with Crippen molar-refractivity contribution >= 4 is 16.5 Å². The Morgan fingerprint density at radius 3 is 2.94 bits per heavy atom. The van der Waals surface area contributed by atoms with Crippen LogP contribution >= 0.6 is 11.3 Å². The Morgan fingerprint density at radius 1 is 1.28 bits per heavy atom. The Bertz CT molecular complexity index is 500. The molecule has 0 spiro atoms. The van der Waals surface area contributed by atoms with Gasteiger partial charge in [-0.3, -0.25) is 4.98 Å². The molecule has 0 fully saturated rings. The molecular weight excluding hydrogens is 248 g/mol. The van der Waals surface area contributed by atoms with Crippen molar-refractivity contribution < 1.29 is 4.74 Å². The van der Waals surface area contributed by atoms with E-state index >= 15 is 0 Å². The van der Waals surface area contributed by atoms with Gasteiger partial charge in [0.2, 0.25) is 5.13 Å². The fraction of sp³-hybridized carbons (Fsp3) is 0.417. The van der Waals surface area contributed by atoms with Gasteiger partial charge in [-0.05, 0) is 19.4 Å². The molecule has 0 unspecified atom stereocenters. The molecule has 0 saturated carbocycles. The number of nitrogens with one attached hydrogen (secondary N) is 1. The highest BCUT2D eigenvalue weighted by molar-refractivity contribution is 7.18. The summed E-state index contributed by atoms with van der Waals surface area (Å²) in [5.74, 6) is 0.773. The normalized spacial score (nSPS) is 10.3. The average Bonchev–Trinajstić information content (AvgIpc) is 2.86. The fourth-order valence-electron chi connectivity index (χ4n) is 1.40. The lowest BCUT2D eigenvalue weighted by atomic mass is 10.3. The van der Waals surface area contributed by atoms with E-state index in [9.17, 15) is 0 Å². The van der Waals surface area contributed by atoms with Crippen LogP contribution < -0.4 is 10.1 Å². The van der Waals surface area contributed by atoms with Gasteiger partial charge in [-0.1, -0.05) is 18.3 Å². The highest BCUT2D eigenvalue weighted by atomic mass is 32.1. The summed E-state index contributed by atoms with van der Waals surface area (Å²) in [6, 6.07) is 1.94. The zero-order valence-electron chi connectivity index (χ0n) is 10.5. The molecule has 2 aromatic heterocycles. The molecule has 0 aromatic carbocycles. The van der Waals surface area contributed by atoms with Gasteiger partial charge in [0.05, 0.1) is 12.8 Å². The standard InChI is InChI=1S/C12H16N4OS/c1-3-5-17-10-6-9(7-13-8-10)11-15-16-12(18-11)14-4-2/h6-8H,3-5H2,1-2H3,(H,14,16). The molecular formula is C12H16N4OS. The lowest BCUT2D eigenvalue weighted by Crippen LogP contribution is -1.95. The molecule has 2 heterocycles. The highest BCUT2D eigenvalue weighted by Gasteiger charge is 2.07. The summed E-state index contributed by atoms with van der Waals surface area (Å²) in [5.41, 5.74) is 0.935. The van der Waals surface area contributed by atoms with Crippen molar-refractivity contribution in [3.63, 3.8) is 0 Å². The predicted octanol–water partition coefficient (Wildman–Crippen LogP) is 2.82. The van der Waals surface area contributed by atoms with Gasteiger partial charge in [0, 0.05) is 18.3 Å². The number of nitrogens with zero attached hydrogens (tertiary/aromatic N) is 3. The number of hydrogen-bond donors (Lipinski definition) is 1. The van der Waals surface area contributed by atoms with Crippen molar-refractivity contribution in [3.8, 4) is 16.3 Å². The van der Waals surface area contributed by atoms with E-state index in [1.807, 2.05) is 13.0 Å². The van der Waals surface area contributed by atoms with Crippen molar-refractivity contribution in [2.75, 3.05) is 18.5 Å². The largest absolute Gasteiger partial charge is 0.492 e. The van der Waals surface area contributed by atoms with Gasteiger partial charge in [0.15, 0.2) is 5.01 Å². The van der Waals surface area contributed by atoms with E-state index in [-0.39, 0.29) is 0 Å². The second-order valence-electron chi connectivity index (χ2n) is 3.70. The maximum Gasteiger partial charge on any atom is 0.205 e. The van der Waals surface area contributed by atoms with Crippen LogP contribution in [0.3, 0.4) is 0 Å². The summed E-state index contributed by atoms with van der Waals surface area (Å²) in [7, 11) is 0. The minimum atomic E-state index is 0.698. The molecule has 1 N–H and O–H groups in total. The predicted molar refractivity (Wildman–Crippen MR) is 73.1 cm³/mol. The third kappa shape index (κ3) is 3.16. The molecule has 0 aliphatic carbocycles. The summed E-state index contributed by atoms with van der Waals surface area (Å²) in [6.07, 6.45) is 4.47. The number of aromatic nitrogens is 3. The molecule has 2 aromatic rings. The second kappa shape index (κ2) is 6.30. The van der Waals surface area contributed by atoms with Crippen LogP contribution in [0.15, 0.2) is 18.5 Å². The first-order chi connectivity index (χ1) is 8.83. The Hall–Kier alpha value is -1.69. The Kier molecular flexibility index (Phi) is 4.46. The van der Waals surface area contributed by atoms with E-state index in [1.54, 1.807) is 12.4 Å². The van der Waals surface area contributed by atoms with Crippen LogP contribution in [0.1, 0.15) is 20.3 Å². The minimum absolute atomic E-state index is 0.698. The van der Waals surface area contributed by atoms with Gasteiger partial charge in [0.25, 0.3) is 0 Å². The van der Waals surface area contributed by atoms with E-state index in [0.717, 1.165) is 34.4 Å². The van der Waals surface area contributed by atoms with Gasteiger partial charge in [0.1, 0.15) is 5.75 Å². The molecule has 0 atom stereocenters. The molecule has 0 bridgehead atoms. The van der Waals surface area contributed by atoms with E-state index in [0.29, 0.717) is 6.61 Å². The average molecular weight is 264 g/mol. The first-order valence-corrected chi connectivity index (χ1v) is 6.80. The summed E-state index contributed by atoms with van der Waals surface area (Å²) in [5, 5.41) is 13.0. The third-order valence-electron chi connectivity index (χ3n) is 2.19. The Balaban J connectivity index is 2.15. The van der Waals surface area contributed by atoms with E-state index in [4.69, 9.17) is 4.74 Å². The van der Waals surface area contributed by atoms with Crippen LogP contribution in [0.2, 0.25) is 0 Å². The monoisotopic (exact) mass is 264 g/mol. The van der Waals surface area contributed by atoms with Crippen LogP contribution in [0.5, 0.6) is 5.75 Å². The SMILES string of the molecule is CCCOc1cncc(-c2nnc(NCC)s2)c1. The van der Waals surface area contributed by atoms with Gasteiger partial charge in [-0.15, -0.1) is 10.2 Å². The lowest BCUT2D eigenvalue weighted by molar-refractivity contribution is 0.316. The maximum absolute atomic E-state index is 5.55. The molecule has 0 amide bonds. The Morgan fingerprint density at radius 2 is 2.17 bits per heavy atom. The molecule has 5 nitrogen and oxygen atoms in total. The smallest absolute Gasteiger partial charge is 0.205 e. The number of rotatable bonds is 6. The molecule has 0 saturated heterocycles. The van der Waals surface area contributed by atoms with E-state index in [1.165, 1.54) is 11.3 Å². The quantitative estimate of drug-likeness (QED) is 0.869. The maximum atomic E-state index is 5.55. The molecule has 18 heavy (non-hydrogen) atoms. The zero-order valence-corrected chi connectivity index (χ0v) is 11.3. The van der Waals surface area contributed by atoms with Crippen molar-refractivity contribution in [2.24, 2.45) is 0 Å². The lowest BCUT2D eigenvalue weighted by Gasteiger charge is -2.04. The Labute approximate surface area is 110 Å². The molecule has 0 aliphatic rings. The molecule has 2 rings (SSSR count). The van der Waals surface area contributed by atoms with Crippen LogP contribution in [0.25, 0.3) is 10.6 Å². The summed E-state index contributed by atoms with van der Waals surface area (Å²) >= 11 is 1.51. The number of pyridine rings is 1. The highest BCUT2D eigenvalue weighted by Crippen LogP contribution is 2.27. The third-order valence-corrected chi connectivity index (χ3v) is 3.12. The van der Waals surface area contributed by atoms with Gasteiger partial charge >= 0.3 is 0 Å². The van der Waals surface area contributed by atoms with Gasteiger partial charge < -0.3 is 10.1 Å². The van der Waals surface area contributed by atoms with Gasteiger partial charge in [-0.25, -0.2) is 0 Å². The van der Waals surface area contributed by atoms with Gasteiger partial charge in [-0.2, -0.15) is 0 Å². The minimum Gasteiger partial charge on any atom is -0.492 e. The summed E-state index contributed by atoms with van der Waals surface area (Å²) in [4.78, 5) is 4.16. The molecule has 0 aliphatic heterocycles. The fourth-order valence-corrected chi connectivity index (χ4v) is 2.19. The zero-order chi connectivity index (χ0) is 12.8. The van der Waals surface area contributed by atoms with Crippen LogP contribution in [-0.2, 0) is 0 Å². The number of hydrogen-bond acceptors (Lipinski definition) is 6. The van der Waals surface area contributed by atoms with Crippen molar-refractivity contribution in [3.05, 3.63) is 18.5 Å². The van der Waals surface area contributed by atoms with Crippen LogP contribution in [0, 0.1) is 0 Å². The first-order valence-electron chi connectivity index (χ1n) is 5.99. The van der Waals surface area contributed by atoms with E-state index in [2.05, 4.69) is 27.4 Å². The number of anilines is 1. The molecule has 6 heteroatoms. The van der Waals surface area contributed by atoms with Crippen molar-refractivity contribution in [1.29, 1.82) is 0 Å². The van der Waals surface area contributed by atoms with Crippen molar-refractivity contribution in [2.45, 2.75) is 20.3 Å². The summed E-state index contributed by atoms with van der Waals surface area (Å²) in [6.45, 7) is 5.64. The second-order valence-corrected chi connectivity index (χ2v) is 4.68. The van der Waals surface area contributed by atoms with Crippen molar-refractivity contribution in [1.82, 2.24) is 15.2 Å². The molecule has 0 radical (unpaired) electrons.